The second-order valence-electron chi connectivity index (χ2n) is 10.6. The van der Waals surface area contributed by atoms with E-state index in [2.05, 4.69) is 31.2 Å². The van der Waals surface area contributed by atoms with E-state index in [0.717, 1.165) is 50.2 Å². The Morgan fingerprint density at radius 2 is 1.53 bits per heavy atom. The molecule has 0 N–H and O–H groups in total. The monoisotopic (exact) mass is 466 g/mol. The minimum Gasteiger partial charge on any atom is -0.444 e. The third-order valence-corrected chi connectivity index (χ3v) is 6.74. The van der Waals surface area contributed by atoms with Gasteiger partial charge in [-0.1, -0.05) is 30.5 Å². The zero-order valence-electron chi connectivity index (χ0n) is 21.0. The van der Waals surface area contributed by atoms with Crippen LogP contribution >= 0.6 is 0 Å². The maximum atomic E-state index is 13.6. The first-order valence-corrected chi connectivity index (χ1v) is 12.6. The van der Waals surface area contributed by atoms with Gasteiger partial charge in [0, 0.05) is 32.1 Å². The van der Waals surface area contributed by atoms with Crippen molar-refractivity contribution in [1.82, 2.24) is 19.6 Å². The standard InChI is InChI=1S/C27H38N4O3/c1-20-9-11-22(12-10-20)31-24(21-13-17-30(18-14-21)26(33)34-27(2,3)4)23(19-28-31)25(32)29-15-7-5-6-8-16-29/h9-12,19,21H,5-8,13-18H2,1-4H3. The molecule has 0 atom stereocenters. The Bertz CT molecular complexity index is 990. The number of aryl methyl sites for hydroxylation is 1. The maximum Gasteiger partial charge on any atom is 0.410 e. The van der Waals surface area contributed by atoms with Crippen LogP contribution < -0.4 is 0 Å². The number of ether oxygens (including phenoxy) is 1. The fraction of sp³-hybridized carbons (Fsp3) is 0.593. The Labute approximate surface area is 203 Å². The number of benzene rings is 1. The predicted octanol–water partition coefficient (Wildman–Crippen LogP) is 5.31. The number of rotatable bonds is 3. The molecule has 4 rings (SSSR count). The van der Waals surface area contributed by atoms with Crippen LogP contribution in [0.2, 0.25) is 0 Å². The van der Waals surface area contributed by atoms with Crippen LogP contribution in [0.15, 0.2) is 30.5 Å². The molecule has 184 valence electrons. The smallest absolute Gasteiger partial charge is 0.410 e. The lowest BCUT2D eigenvalue weighted by Crippen LogP contribution is -2.41. The van der Waals surface area contributed by atoms with E-state index in [4.69, 9.17) is 9.84 Å². The van der Waals surface area contributed by atoms with Crippen molar-refractivity contribution >= 4 is 12.0 Å². The van der Waals surface area contributed by atoms with Gasteiger partial charge in [-0.05, 0) is 65.5 Å². The van der Waals surface area contributed by atoms with E-state index >= 15 is 0 Å². The van der Waals surface area contributed by atoms with Crippen molar-refractivity contribution in [2.45, 2.75) is 77.7 Å². The van der Waals surface area contributed by atoms with Gasteiger partial charge in [-0.2, -0.15) is 5.10 Å². The Morgan fingerprint density at radius 1 is 0.912 bits per heavy atom. The van der Waals surface area contributed by atoms with Crippen LogP contribution in [0.3, 0.4) is 0 Å². The molecule has 7 nitrogen and oxygen atoms in total. The number of nitrogens with zero attached hydrogens (tertiary/aromatic N) is 4. The number of aromatic nitrogens is 2. The highest BCUT2D eigenvalue weighted by Crippen LogP contribution is 2.33. The highest BCUT2D eigenvalue weighted by Gasteiger charge is 2.33. The van der Waals surface area contributed by atoms with Crippen molar-refractivity contribution in [3.05, 3.63) is 47.3 Å². The topological polar surface area (TPSA) is 67.7 Å². The molecule has 7 heteroatoms. The second-order valence-corrected chi connectivity index (χ2v) is 10.6. The summed E-state index contributed by atoms with van der Waals surface area (Å²) in [5, 5.41) is 4.70. The molecule has 0 unspecified atom stereocenters. The molecule has 3 heterocycles. The number of carbonyl (C=O) groups is 2. The summed E-state index contributed by atoms with van der Waals surface area (Å²) in [4.78, 5) is 30.0. The molecule has 1 aromatic carbocycles. The number of hydrogen-bond donors (Lipinski definition) is 0. The van der Waals surface area contributed by atoms with E-state index in [1.807, 2.05) is 30.4 Å². The summed E-state index contributed by atoms with van der Waals surface area (Å²) in [5.74, 6) is 0.234. The molecule has 2 aromatic rings. The van der Waals surface area contributed by atoms with Crippen LogP contribution in [0.1, 0.15) is 86.8 Å². The molecule has 1 aromatic heterocycles. The van der Waals surface area contributed by atoms with Gasteiger partial charge in [-0.15, -0.1) is 0 Å². The van der Waals surface area contributed by atoms with E-state index in [1.54, 1.807) is 11.1 Å². The molecule has 0 bridgehead atoms. The number of amides is 2. The quantitative estimate of drug-likeness (QED) is 0.615. The third-order valence-electron chi connectivity index (χ3n) is 6.74. The van der Waals surface area contributed by atoms with E-state index in [0.29, 0.717) is 18.7 Å². The van der Waals surface area contributed by atoms with Crippen molar-refractivity contribution in [2.24, 2.45) is 0 Å². The molecule has 0 radical (unpaired) electrons. The molecular weight excluding hydrogens is 428 g/mol. The van der Waals surface area contributed by atoms with Crippen LogP contribution in [0, 0.1) is 6.92 Å². The van der Waals surface area contributed by atoms with Crippen LogP contribution in [0.4, 0.5) is 4.79 Å². The normalized spacial score (nSPS) is 18.0. The van der Waals surface area contributed by atoms with Crippen molar-refractivity contribution in [3.8, 4) is 5.69 Å². The zero-order valence-corrected chi connectivity index (χ0v) is 21.0. The lowest BCUT2D eigenvalue weighted by molar-refractivity contribution is 0.0203. The van der Waals surface area contributed by atoms with Gasteiger partial charge in [-0.3, -0.25) is 4.79 Å². The average Bonchev–Trinajstić information content (AvgIpc) is 3.05. The van der Waals surface area contributed by atoms with Crippen molar-refractivity contribution in [2.75, 3.05) is 26.2 Å². The van der Waals surface area contributed by atoms with Gasteiger partial charge in [0.2, 0.25) is 0 Å². The Morgan fingerprint density at radius 3 is 2.12 bits per heavy atom. The number of likely N-dealkylation sites (tertiary alicyclic amines) is 2. The fourth-order valence-corrected chi connectivity index (χ4v) is 4.91. The van der Waals surface area contributed by atoms with Gasteiger partial charge in [0.25, 0.3) is 5.91 Å². The first-order valence-electron chi connectivity index (χ1n) is 12.6. The first-order chi connectivity index (χ1) is 16.2. The lowest BCUT2D eigenvalue weighted by atomic mass is 9.90. The minimum absolute atomic E-state index is 0.0878. The van der Waals surface area contributed by atoms with Gasteiger partial charge >= 0.3 is 6.09 Å². The molecule has 0 spiro atoms. The summed E-state index contributed by atoms with van der Waals surface area (Å²) >= 11 is 0. The molecule has 2 aliphatic heterocycles. The summed E-state index contributed by atoms with van der Waals surface area (Å²) in [6, 6.07) is 8.26. The van der Waals surface area contributed by atoms with Gasteiger partial charge in [0.05, 0.1) is 23.1 Å². The molecule has 2 aliphatic rings. The van der Waals surface area contributed by atoms with E-state index < -0.39 is 5.60 Å². The van der Waals surface area contributed by atoms with E-state index in [9.17, 15) is 9.59 Å². The number of hydrogen-bond acceptors (Lipinski definition) is 4. The largest absolute Gasteiger partial charge is 0.444 e. The van der Waals surface area contributed by atoms with E-state index in [1.165, 1.54) is 18.4 Å². The van der Waals surface area contributed by atoms with Gasteiger partial charge in [-0.25, -0.2) is 9.48 Å². The summed E-state index contributed by atoms with van der Waals surface area (Å²) < 4.78 is 7.51. The SMILES string of the molecule is Cc1ccc(-n2ncc(C(=O)N3CCCCCC3)c2C2CCN(C(=O)OC(C)(C)C)CC2)cc1. The third kappa shape index (κ3) is 5.62. The number of piperidine rings is 1. The van der Waals surface area contributed by atoms with Gasteiger partial charge < -0.3 is 14.5 Å². The summed E-state index contributed by atoms with van der Waals surface area (Å²) in [7, 11) is 0. The molecule has 0 saturated carbocycles. The van der Waals surface area contributed by atoms with Crippen LogP contribution in [0.25, 0.3) is 5.69 Å². The van der Waals surface area contributed by atoms with Crippen LogP contribution in [-0.2, 0) is 4.74 Å². The molecule has 34 heavy (non-hydrogen) atoms. The van der Waals surface area contributed by atoms with Gasteiger partial charge in [0.1, 0.15) is 5.60 Å². The zero-order chi connectivity index (χ0) is 24.3. The van der Waals surface area contributed by atoms with Crippen molar-refractivity contribution < 1.29 is 14.3 Å². The second kappa shape index (κ2) is 10.2. The highest BCUT2D eigenvalue weighted by atomic mass is 16.6. The average molecular weight is 467 g/mol. The molecule has 2 fully saturated rings. The predicted molar refractivity (Wildman–Crippen MR) is 132 cm³/mol. The first kappa shape index (κ1) is 24.3. The lowest BCUT2D eigenvalue weighted by Gasteiger charge is -2.34. The fourth-order valence-electron chi connectivity index (χ4n) is 4.91. The Balaban J connectivity index is 1.60. The maximum absolute atomic E-state index is 13.6. The van der Waals surface area contributed by atoms with Crippen LogP contribution in [0.5, 0.6) is 0 Å². The summed E-state index contributed by atoms with van der Waals surface area (Å²) in [5.41, 5.74) is 3.32. The van der Waals surface area contributed by atoms with Crippen LogP contribution in [-0.4, -0.2) is 63.4 Å². The molecular formula is C27H38N4O3. The molecule has 2 saturated heterocycles. The van der Waals surface area contributed by atoms with E-state index in [-0.39, 0.29) is 17.9 Å². The van der Waals surface area contributed by atoms with Crippen molar-refractivity contribution in [1.29, 1.82) is 0 Å². The Hall–Kier alpha value is -2.83. The molecule has 2 amide bonds. The highest BCUT2D eigenvalue weighted by molar-refractivity contribution is 5.95. The van der Waals surface area contributed by atoms with Gasteiger partial charge in [0.15, 0.2) is 0 Å². The minimum atomic E-state index is -0.509. The Kier molecular flexibility index (Phi) is 7.29. The van der Waals surface area contributed by atoms with Crippen molar-refractivity contribution in [3.63, 3.8) is 0 Å². The molecule has 0 aliphatic carbocycles. The summed E-state index contributed by atoms with van der Waals surface area (Å²) in [6.45, 7) is 10.6. The number of carbonyl (C=O) groups excluding carboxylic acids is 2. The summed E-state index contributed by atoms with van der Waals surface area (Å²) in [6.07, 6.45) is 7.52.